The van der Waals surface area contributed by atoms with E-state index in [0.717, 1.165) is 18.7 Å². The number of urea groups is 1. The molecule has 1 fully saturated rings. The summed E-state index contributed by atoms with van der Waals surface area (Å²) in [6.45, 7) is 1.58. The highest BCUT2D eigenvalue weighted by molar-refractivity contribution is 5.74. The number of benzene rings is 1. The lowest BCUT2D eigenvalue weighted by atomic mass is 9.96. The summed E-state index contributed by atoms with van der Waals surface area (Å²) in [5.74, 6) is 1.58. The quantitative estimate of drug-likeness (QED) is 0.698. The van der Waals surface area contributed by atoms with Crippen LogP contribution in [0.2, 0.25) is 0 Å². The zero-order valence-electron chi connectivity index (χ0n) is 16.7. The summed E-state index contributed by atoms with van der Waals surface area (Å²) in [7, 11) is 1.94. The van der Waals surface area contributed by atoms with Crippen molar-refractivity contribution in [2.75, 3.05) is 13.1 Å². The van der Waals surface area contributed by atoms with Gasteiger partial charge in [-0.25, -0.2) is 14.2 Å². The van der Waals surface area contributed by atoms with Crippen LogP contribution in [0.4, 0.5) is 9.18 Å². The van der Waals surface area contributed by atoms with E-state index in [2.05, 4.69) is 20.5 Å². The lowest BCUT2D eigenvalue weighted by Crippen LogP contribution is -2.44. The van der Waals surface area contributed by atoms with E-state index in [9.17, 15) is 9.18 Å². The molecule has 1 aromatic carbocycles. The van der Waals surface area contributed by atoms with Crippen LogP contribution >= 0.6 is 0 Å². The number of aryl methyl sites for hydroxylation is 1. The van der Waals surface area contributed by atoms with Crippen molar-refractivity contribution in [3.8, 4) is 11.6 Å². The molecular weight excluding hydrogens is 387 g/mol. The topological polar surface area (TPSA) is 85.2 Å². The minimum Gasteiger partial charge on any atom is -0.439 e. The molecule has 0 aliphatic carbocycles. The molecule has 1 N–H and O–H groups in total. The van der Waals surface area contributed by atoms with Crippen LogP contribution in [-0.2, 0) is 13.6 Å². The van der Waals surface area contributed by atoms with Crippen molar-refractivity contribution in [3.63, 3.8) is 0 Å². The van der Waals surface area contributed by atoms with Crippen LogP contribution in [0.15, 0.2) is 48.9 Å². The summed E-state index contributed by atoms with van der Waals surface area (Å²) in [6, 6.07) is 9.32. The molecular formula is C21H23FN6O2. The van der Waals surface area contributed by atoms with E-state index in [1.807, 2.05) is 17.7 Å². The predicted molar refractivity (Wildman–Crippen MR) is 107 cm³/mol. The SMILES string of the molecule is Cn1cnnc1C1CCN(C(=O)NCc2cccnc2Oc2cccc(F)c2)CC1. The van der Waals surface area contributed by atoms with Crippen molar-refractivity contribution in [2.24, 2.45) is 7.05 Å². The van der Waals surface area contributed by atoms with E-state index in [1.54, 1.807) is 35.6 Å². The van der Waals surface area contributed by atoms with E-state index < -0.39 is 0 Å². The highest BCUT2D eigenvalue weighted by Crippen LogP contribution is 2.26. The Morgan fingerprint density at radius 1 is 1.27 bits per heavy atom. The Morgan fingerprint density at radius 3 is 2.83 bits per heavy atom. The second-order valence-electron chi connectivity index (χ2n) is 7.25. The minimum absolute atomic E-state index is 0.132. The number of nitrogens with zero attached hydrogens (tertiary/aromatic N) is 5. The number of rotatable bonds is 5. The summed E-state index contributed by atoms with van der Waals surface area (Å²) >= 11 is 0. The number of hydrogen-bond acceptors (Lipinski definition) is 5. The smallest absolute Gasteiger partial charge is 0.317 e. The molecule has 2 aromatic heterocycles. The fourth-order valence-corrected chi connectivity index (χ4v) is 3.58. The third-order valence-electron chi connectivity index (χ3n) is 5.18. The average Bonchev–Trinajstić information content (AvgIpc) is 3.19. The van der Waals surface area contributed by atoms with Gasteiger partial charge >= 0.3 is 6.03 Å². The lowest BCUT2D eigenvalue weighted by molar-refractivity contribution is 0.179. The Kier molecular flexibility index (Phi) is 5.87. The van der Waals surface area contributed by atoms with Crippen molar-refractivity contribution in [3.05, 3.63) is 66.1 Å². The van der Waals surface area contributed by atoms with Crippen molar-refractivity contribution in [1.29, 1.82) is 0 Å². The van der Waals surface area contributed by atoms with Crippen molar-refractivity contribution < 1.29 is 13.9 Å². The van der Waals surface area contributed by atoms with Crippen LogP contribution in [0.5, 0.6) is 11.6 Å². The van der Waals surface area contributed by atoms with Gasteiger partial charge in [0, 0.05) is 50.4 Å². The molecule has 0 spiro atoms. The van der Waals surface area contributed by atoms with E-state index in [0.29, 0.717) is 36.2 Å². The fourth-order valence-electron chi connectivity index (χ4n) is 3.58. The molecule has 4 rings (SSSR count). The molecule has 0 bridgehead atoms. The van der Waals surface area contributed by atoms with Crippen LogP contribution in [0, 0.1) is 5.82 Å². The lowest BCUT2D eigenvalue weighted by Gasteiger charge is -2.31. The molecule has 30 heavy (non-hydrogen) atoms. The van der Waals surface area contributed by atoms with Crippen molar-refractivity contribution in [1.82, 2.24) is 30.0 Å². The highest BCUT2D eigenvalue weighted by atomic mass is 19.1. The normalized spacial score (nSPS) is 14.5. The first-order valence-corrected chi connectivity index (χ1v) is 9.84. The summed E-state index contributed by atoms with van der Waals surface area (Å²) in [4.78, 5) is 18.6. The van der Waals surface area contributed by atoms with Gasteiger partial charge in [0.25, 0.3) is 0 Å². The number of carbonyl (C=O) groups is 1. The second-order valence-corrected chi connectivity index (χ2v) is 7.25. The summed E-state index contributed by atoms with van der Waals surface area (Å²) < 4.78 is 21.0. The highest BCUT2D eigenvalue weighted by Gasteiger charge is 2.26. The number of hydrogen-bond donors (Lipinski definition) is 1. The Bertz CT molecular complexity index is 1020. The summed E-state index contributed by atoms with van der Waals surface area (Å²) in [6.07, 6.45) is 4.99. The zero-order chi connectivity index (χ0) is 20.9. The second kappa shape index (κ2) is 8.89. The van der Waals surface area contributed by atoms with E-state index in [4.69, 9.17) is 4.74 Å². The van der Waals surface area contributed by atoms with Gasteiger partial charge in [-0.15, -0.1) is 10.2 Å². The third kappa shape index (κ3) is 4.56. The van der Waals surface area contributed by atoms with Crippen LogP contribution in [0.1, 0.15) is 30.1 Å². The number of likely N-dealkylation sites (tertiary alicyclic amines) is 1. The Hall–Kier alpha value is -3.49. The molecule has 2 amide bonds. The maximum absolute atomic E-state index is 13.4. The first-order valence-electron chi connectivity index (χ1n) is 9.84. The van der Waals surface area contributed by atoms with Gasteiger partial charge in [-0.05, 0) is 31.0 Å². The van der Waals surface area contributed by atoms with Gasteiger partial charge in [0.1, 0.15) is 23.7 Å². The molecule has 0 unspecified atom stereocenters. The minimum atomic E-state index is -0.386. The third-order valence-corrected chi connectivity index (χ3v) is 5.18. The van der Waals surface area contributed by atoms with Gasteiger partial charge in [-0.1, -0.05) is 12.1 Å². The summed E-state index contributed by atoms with van der Waals surface area (Å²) in [5, 5.41) is 11.0. The van der Waals surface area contributed by atoms with Gasteiger partial charge in [-0.2, -0.15) is 0 Å². The van der Waals surface area contributed by atoms with Crippen molar-refractivity contribution >= 4 is 6.03 Å². The van der Waals surface area contributed by atoms with Gasteiger partial charge in [-0.3, -0.25) is 0 Å². The standard InChI is InChI=1S/C21H23FN6O2/c1-27-14-25-26-19(27)15-7-10-28(11-8-15)21(29)24-13-16-4-3-9-23-20(16)30-18-6-2-5-17(22)12-18/h2-6,9,12,14-15H,7-8,10-11,13H2,1H3,(H,24,29). The van der Waals surface area contributed by atoms with Crippen LogP contribution < -0.4 is 10.1 Å². The van der Waals surface area contributed by atoms with Crippen LogP contribution in [0.25, 0.3) is 0 Å². The Balaban J connectivity index is 1.33. The Labute approximate surface area is 173 Å². The first-order chi connectivity index (χ1) is 14.6. The molecule has 0 saturated carbocycles. The molecule has 8 nitrogen and oxygen atoms in total. The molecule has 3 heterocycles. The zero-order valence-corrected chi connectivity index (χ0v) is 16.7. The molecule has 1 saturated heterocycles. The average molecular weight is 410 g/mol. The number of halogens is 1. The maximum Gasteiger partial charge on any atom is 0.317 e. The number of piperidine rings is 1. The molecule has 9 heteroatoms. The number of carbonyl (C=O) groups excluding carboxylic acids is 1. The summed E-state index contributed by atoms with van der Waals surface area (Å²) in [5.41, 5.74) is 0.712. The van der Waals surface area contributed by atoms with Crippen molar-refractivity contribution in [2.45, 2.75) is 25.3 Å². The Morgan fingerprint density at radius 2 is 2.10 bits per heavy atom. The largest absolute Gasteiger partial charge is 0.439 e. The number of pyridine rings is 1. The van der Waals surface area contributed by atoms with Crippen LogP contribution in [0.3, 0.4) is 0 Å². The predicted octanol–water partition coefficient (Wildman–Crippen LogP) is 3.23. The number of ether oxygens (including phenoxy) is 1. The van der Waals surface area contributed by atoms with E-state index in [-0.39, 0.29) is 18.4 Å². The van der Waals surface area contributed by atoms with Gasteiger partial charge < -0.3 is 19.5 Å². The molecule has 156 valence electrons. The van der Waals surface area contributed by atoms with E-state index >= 15 is 0 Å². The molecule has 3 aromatic rings. The maximum atomic E-state index is 13.4. The fraction of sp³-hybridized carbons (Fsp3) is 0.333. The van der Waals surface area contributed by atoms with Gasteiger partial charge in [0.05, 0.1) is 0 Å². The molecule has 0 radical (unpaired) electrons. The molecule has 0 atom stereocenters. The monoisotopic (exact) mass is 410 g/mol. The number of aromatic nitrogens is 4. The van der Waals surface area contributed by atoms with Gasteiger partial charge in [0.2, 0.25) is 5.88 Å². The van der Waals surface area contributed by atoms with E-state index in [1.165, 1.54) is 12.1 Å². The number of nitrogens with one attached hydrogen (secondary N) is 1. The number of amides is 2. The van der Waals surface area contributed by atoms with Crippen LogP contribution in [-0.4, -0.2) is 43.8 Å². The van der Waals surface area contributed by atoms with Gasteiger partial charge in [0.15, 0.2) is 0 Å². The molecule has 1 aliphatic heterocycles. The first kappa shape index (κ1) is 19.8. The molecule has 1 aliphatic rings.